The van der Waals surface area contributed by atoms with Crippen molar-refractivity contribution in [2.75, 3.05) is 20.7 Å². The van der Waals surface area contributed by atoms with Crippen LogP contribution in [-0.2, 0) is 14.0 Å². The number of aliphatic imine (C=N–C) groups is 1. The number of halogens is 1. The number of aromatic nitrogens is 3. The first-order valence-corrected chi connectivity index (χ1v) is 17.6. The number of carbonyl (C=O) groups excluding carboxylic acids is 2. The van der Waals surface area contributed by atoms with Gasteiger partial charge >= 0.3 is 0 Å². The van der Waals surface area contributed by atoms with Crippen molar-refractivity contribution >= 4 is 66.0 Å². The summed E-state index contributed by atoms with van der Waals surface area (Å²) in [5, 5.41) is 1.21. The van der Waals surface area contributed by atoms with E-state index >= 15 is 0 Å². The second kappa shape index (κ2) is 11.3. The Bertz CT molecular complexity index is 1590. The molecule has 1 unspecified atom stereocenters. The molecule has 224 valence electrons. The van der Waals surface area contributed by atoms with Crippen LogP contribution in [0.15, 0.2) is 40.2 Å². The highest BCUT2D eigenvalue weighted by atomic mass is 127. The Balaban J connectivity index is 1.48. The lowest BCUT2D eigenvalue weighted by Gasteiger charge is -2.37. The molecule has 2 amide bonds. The van der Waals surface area contributed by atoms with Crippen LogP contribution in [0.4, 0.5) is 5.95 Å². The van der Waals surface area contributed by atoms with E-state index < -0.39 is 38.6 Å². The van der Waals surface area contributed by atoms with Crippen molar-refractivity contribution in [2.45, 2.75) is 63.8 Å². The van der Waals surface area contributed by atoms with Gasteiger partial charge in [0.05, 0.1) is 29.5 Å². The van der Waals surface area contributed by atoms with E-state index in [1.165, 1.54) is 0 Å². The Hall–Kier alpha value is -2.92. The fraction of sp³-hybridized carbons (Fsp3) is 0.464. The molecule has 3 atom stereocenters. The Morgan fingerprint density at radius 1 is 1.19 bits per heavy atom. The molecule has 0 saturated carbocycles. The molecule has 14 heteroatoms. The minimum atomic E-state index is -2.17. The molecular formula is C28H35IN6O6Si. The smallest absolute Gasteiger partial charge is 0.285 e. The number of amides is 2. The topological polar surface area (TPSA) is 131 Å². The zero-order chi connectivity index (χ0) is 30.6. The SMILES string of the molecule is CN(C)/C=N\c1nc2c(c(I)cn2[C@H]2CC(ON3C(=O)c4ccccc4C3=O)[C@@H](CO[Si](C)(C)C(C)(C)C)O2)c(=O)[nH]1. The third-order valence-electron chi connectivity index (χ3n) is 7.94. The first-order valence-electron chi connectivity index (χ1n) is 13.6. The van der Waals surface area contributed by atoms with Crippen molar-refractivity contribution in [3.05, 3.63) is 55.5 Å². The largest absolute Gasteiger partial charge is 0.414 e. The van der Waals surface area contributed by atoms with Crippen LogP contribution < -0.4 is 5.56 Å². The second-order valence-corrected chi connectivity index (χ2v) is 18.2. The minimum Gasteiger partial charge on any atom is -0.414 e. The van der Waals surface area contributed by atoms with Crippen LogP contribution in [0, 0.1) is 3.57 Å². The predicted octanol–water partition coefficient (Wildman–Crippen LogP) is 4.46. The maximum absolute atomic E-state index is 13.1. The first kappa shape index (κ1) is 30.5. The summed E-state index contributed by atoms with van der Waals surface area (Å²) in [5.74, 6) is -0.868. The molecule has 0 bridgehead atoms. The van der Waals surface area contributed by atoms with Gasteiger partial charge < -0.3 is 18.6 Å². The number of ether oxygens (including phenoxy) is 1. The number of carbonyl (C=O) groups is 2. The number of nitrogens with zero attached hydrogens (tertiary/aromatic N) is 5. The summed E-state index contributed by atoms with van der Waals surface area (Å²) >= 11 is 2.10. The molecule has 12 nitrogen and oxygen atoms in total. The summed E-state index contributed by atoms with van der Waals surface area (Å²) < 4.78 is 15.5. The lowest BCUT2D eigenvalue weighted by Crippen LogP contribution is -2.45. The number of hydrogen-bond acceptors (Lipinski definition) is 8. The number of aromatic amines is 1. The number of fused-ring (bicyclic) bond motifs is 2. The van der Waals surface area contributed by atoms with E-state index in [4.69, 9.17) is 14.0 Å². The quantitative estimate of drug-likeness (QED) is 0.120. The van der Waals surface area contributed by atoms with Crippen molar-refractivity contribution in [3.8, 4) is 0 Å². The van der Waals surface area contributed by atoms with Gasteiger partial charge in [0.15, 0.2) is 14.0 Å². The number of rotatable bonds is 8. The Morgan fingerprint density at radius 3 is 2.43 bits per heavy atom. The number of hydroxylamine groups is 2. The van der Waals surface area contributed by atoms with Gasteiger partial charge in [-0.15, -0.1) is 5.06 Å². The van der Waals surface area contributed by atoms with Crippen LogP contribution in [0.3, 0.4) is 0 Å². The molecule has 5 rings (SSSR count). The molecule has 0 radical (unpaired) electrons. The van der Waals surface area contributed by atoms with Gasteiger partial charge in [-0.1, -0.05) is 32.9 Å². The van der Waals surface area contributed by atoms with Gasteiger partial charge in [-0.2, -0.15) is 4.98 Å². The maximum Gasteiger partial charge on any atom is 0.285 e. The van der Waals surface area contributed by atoms with Crippen molar-refractivity contribution in [2.24, 2.45) is 4.99 Å². The minimum absolute atomic E-state index is 0.0367. The van der Waals surface area contributed by atoms with Gasteiger partial charge in [0.2, 0.25) is 5.95 Å². The molecule has 42 heavy (non-hydrogen) atoms. The first-order chi connectivity index (χ1) is 19.7. The number of imide groups is 1. The molecule has 1 N–H and O–H groups in total. The summed E-state index contributed by atoms with van der Waals surface area (Å²) in [7, 11) is 1.47. The number of H-pyrrole nitrogens is 1. The van der Waals surface area contributed by atoms with E-state index in [0.717, 1.165) is 5.06 Å². The van der Waals surface area contributed by atoms with Gasteiger partial charge in [-0.25, -0.2) is 4.99 Å². The van der Waals surface area contributed by atoms with Crippen molar-refractivity contribution in [1.82, 2.24) is 24.5 Å². The van der Waals surface area contributed by atoms with Crippen LogP contribution in [0.1, 0.15) is 54.1 Å². The summed E-state index contributed by atoms with van der Waals surface area (Å²) in [4.78, 5) is 58.7. The average Bonchev–Trinajstić information content (AvgIpc) is 3.54. The summed E-state index contributed by atoms with van der Waals surface area (Å²) in [6.07, 6.45) is 1.73. The Kier molecular flexibility index (Phi) is 8.21. The molecule has 2 aliphatic heterocycles. The number of benzene rings is 1. The van der Waals surface area contributed by atoms with E-state index in [1.807, 2.05) is 14.1 Å². The molecule has 4 heterocycles. The highest BCUT2D eigenvalue weighted by Crippen LogP contribution is 2.40. The number of hydrogen-bond donors (Lipinski definition) is 1. The number of nitrogens with one attached hydrogen (secondary N) is 1. The zero-order valence-corrected chi connectivity index (χ0v) is 27.8. The zero-order valence-electron chi connectivity index (χ0n) is 24.7. The lowest BCUT2D eigenvalue weighted by atomic mass is 10.1. The van der Waals surface area contributed by atoms with E-state index in [0.29, 0.717) is 25.7 Å². The summed E-state index contributed by atoms with van der Waals surface area (Å²) in [6, 6.07) is 6.64. The van der Waals surface area contributed by atoms with Crippen LogP contribution in [-0.4, -0.2) is 83.9 Å². The van der Waals surface area contributed by atoms with E-state index in [2.05, 4.69) is 71.4 Å². The normalized spacial score (nSPS) is 21.2. The summed E-state index contributed by atoms with van der Waals surface area (Å²) in [5.41, 5.74) is 0.688. The Labute approximate surface area is 258 Å². The molecule has 2 aliphatic rings. The summed E-state index contributed by atoms with van der Waals surface area (Å²) in [6.45, 7) is 11.0. The van der Waals surface area contributed by atoms with Crippen molar-refractivity contribution in [3.63, 3.8) is 0 Å². The lowest BCUT2D eigenvalue weighted by molar-refractivity contribution is -0.154. The fourth-order valence-corrected chi connectivity index (χ4v) is 6.39. The van der Waals surface area contributed by atoms with Crippen LogP contribution >= 0.6 is 22.6 Å². The predicted molar refractivity (Wildman–Crippen MR) is 168 cm³/mol. The highest BCUT2D eigenvalue weighted by Gasteiger charge is 2.46. The van der Waals surface area contributed by atoms with Gasteiger partial charge in [0.1, 0.15) is 18.4 Å². The third kappa shape index (κ3) is 5.69. The van der Waals surface area contributed by atoms with E-state index in [1.54, 1.807) is 46.3 Å². The van der Waals surface area contributed by atoms with Crippen LogP contribution in [0.25, 0.3) is 11.0 Å². The van der Waals surface area contributed by atoms with Gasteiger partial charge in [0, 0.05) is 30.3 Å². The highest BCUT2D eigenvalue weighted by molar-refractivity contribution is 14.1. The molecule has 0 aliphatic carbocycles. The van der Waals surface area contributed by atoms with Crippen molar-refractivity contribution < 1.29 is 23.6 Å². The van der Waals surface area contributed by atoms with Crippen LogP contribution in [0.5, 0.6) is 0 Å². The average molecular weight is 707 g/mol. The van der Waals surface area contributed by atoms with Gasteiger partial charge in [0.25, 0.3) is 17.4 Å². The van der Waals surface area contributed by atoms with E-state index in [9.17, 15) is 14.4 Å². The fourth-order valence-electron chi connectivity index (χ4n) is 4.59. The Morgan fingerprint density at radius 2 is 1.83 bits per heavy atom. The monoisotopic (exact) mass is 706 g/mol. The molecule has 1 aromatic carbocycles. The van der Waals surface area contributed by atoms with Crippen molar-refractivity contribution in [1.29, 1.82) is 0 Å². The van der Waals surface area contributed by atoms with Crippen LogP contribution in [0.2, 0.25) is 18.1 Å². The molecular weight excluding hydrogens is 671 g/mol. The van der Waals surface area contributed by atoms with E-state index in [-0.39, 0.29) is 29.6 Å². The third-order valence-corrected chi connectivity index (χ3v) is 13.3. The molecule has 3 aromatic rings. The second-order valence-electron chi connectivity index (χ2n) is 12.2. The molecule has 2 aromatic heterocycles. The molecule has 0 spiro atoms. The van der Waals surface area contributed by atoms with Gasteiger partial charge in [-0.3, -0.25) is 24.2 Å². The molecule has 1 fully saturated rings. The standard InChI is InChI=1S/C28H35IN6O6Si/c1-28(2,3)42(6,7)39-14-20-19(41-35-25(37)16-10-8-9-11-17(16)26(35)38)12-21(40-20)34-13-18(29)22-23(34)31-27(32-24(22)36)30-15-33(4)5/h8-11,13,15,19-21H,12,14H2,1-7H3,(H,31,32,36)/b30-15-/t19?,20-,21-/m1/s1. The maximum atomic E-state index is 13.1. The van der Waals surface area contributed by atoms with Gasteiger partial charge in [-0.05, 0) is 52.9 Å². The molecule has 1 saturated heterocycles.